The number of hydrogen-bond donors (Lipinski definition) is 0. The van der Waals surface area contributed by atoms with Gasteiger partial charge in [0, 0.05) is 30.9 Å². The molecule has 1 aliphatic rings. The van der Waals surface area contributed by atoms with Gasteiger partial charge in [0.05, 0.1) is 0 Å². The molecule has 0 fully saturated rings. The maximum absolute atomic E-state index is 11.6. The Bertz CT molecular complexity index is 698. The van der Waals surface area contributed by atoms with E-state index in [2.05, 4.69) is 9.97 Å². The molecule has 2 aromatic rings. The third kappa shape index (κ3) is 2.92. The fraction of sp³-hybridized carbons (Fsp3) is 0.312. The van der Waals surface area contributed by atoms with Crippen LogP contribution in [0.5, 0.6) is 11.6 Å². The lowest BCUT2D eigenvalue weighted by molar-refractivity contribution is 0.0994. The Kier molecular flexibility index (Phi) is 3.66. The van der Waals surface area contributed by atoms with Gasteiger partial charge in [-0.2, -0.15) is 4.98 Å². The van der Waals surface area contributed by atoms with Crippen molar-refractivity contribution >= 4 is 5.78 Å². The highest BCUT2D eigenvalue weighted by Crippen LogP contribution is 2.28. The van der Waals surface area contributed by atoms with Crippen LogP contribution < -0.4 is 4.74 Å². The van der Waals surface area contributed by atoms with Crippen molar-refractivity contribution in [2.24, 2.45) is 0 Å². The van der Waals surface area contributed by atoms with Gasteiger partial charge in [-0.3, -0.25) is 4.79 Å². The maximum Gasteiger partial charge on any atom is 0.222 e. The molecule has 1 aromatic heterocycles. The minimum Gasteiger partial charge on any atom is -0.439 e. The van der Waals surface area contributed by atoms with Crippen LogP contribution in [0, 0.1) is 6.92 Å². The van der Waals surface area contributed by atoms with Crippen molar-refractivity contribution in [3.8, 4) is 11.6 Å². The van der Waals surface area contributed by atoms with Crippen LogP contribution in [0.3, 0.4) is 0 Å². The number of Topliss-reactive ketones (excluding diaryl/α,β-unsaturated/α-hetero) is 1. The van der Waals surface area contributed by atoms with E-state index in [1.807, 2.05) is 19.1 Å². The second-order valence-corrected chi connectivity index (χ2v) is 5.04. The summed E-state index contributed by atoms with van der Waals surface area (Å²) in [6.07, 6.45) is 1.37. The normalized spacial score (nSPS) is 13.3. The van der Waals surface area contributed by atoms with Crippen molar-refractivity contribution in [3.05, 3.63) is 46.9 Å². The largest absolute Gasteiger partial charge is 0.439 e. The van der Waals surface area contributed by atoms with Gasteiger partial charge in [0.1, 0.15) is 12.4 Å². The first-order valence-corrected chi connectivity index (χ1v) is 6.83. The van der Waals surface area contributed by atoms with E-state index in [1.54, 1.807) is 19.2 Å². The number of hydrogen-bond acceptors (Lipinski definition) is 5. The molecular weight excluding hydrogens is 268 g/mol. The SMILES string of the molecule is COCc1nc(C)cc(Oc2ccc3c(c2)CCC3=O)n1. The zero-order valence-electron chi connectivity index (χ0n) is 12.0. The number of carbonyl (C=O) groups is 1. The number of carbonyl (C=O) groups excluding carboxylic acids is 1. The predicted octanol–water partition coefficient (Wildman–Crippen LogP) is 2.85. The molecule has 0 bridgehead atoms. The highest BCUT2D eigenvalue weighted by molar-refractivity contribution is 6.00. The van der Waals surface area contributed by atoms with E-state index in [1.165, 1.54) is 0 Å². The van der Waals surface area contributed by atoms with Crippen LogP contribution >= 0.6 is 0 Å². The third-order valence-corrected chi connectivity index (χ3v) is 3.37. The molecule has 0 radical (unpaired) electrons. The molecule has 0 saturated heterocycles. The lowest BCUT2D eigenvalue weighted by atomic mass is 10.1. The molecule has 1 heterocycles. The molecule has 0 N–H and O–H groups in total. The minimum absolute atomic E-state index is 0.205. The van der Waals surface area contributed by atoms with Crippen LogP contribution in [-0.2, 0) is 17.8 Å². The Balaban J connectivity index is 1.85. The fourth-order valence-electron chi connectivity index (χ4n) is 2.46. The summed E-state index contributed by atoms with van der Waals surface area (Å²) < 4.78 is 10.8. The van der Waals surface area contributed by atoms with Crippen LogP contribution in [0.4, 0.5) is 0 Å². The van der Waals surface area contributed by atoms with Gasteiger partial charge in [-0.15, -0.1) is 0 Å². The number of nitrogens with zero attached hydrogens (tertiary/aromatic N) is 2. The van der Waals surface area contributed by atoms with E-state index < -0.39 is 0 Å². The second-order valence-electron chi connectivity index (χ2n) is 5.04. The first kappa shape index (κ1) is 13.7. The average Bonchev–Trinajstić information content (AvgIpc) is 2.80. The van der Waals surface area contributed by atoms with E-state index in [0.29, 0.717) is 30.5 Å². The zero-order valence-corrected chi connectivity index (χ0v) is 12.0. The van der Waals surface area contributed by atoms with E-state index in [0.717, 1.165) is 23.2 Å². The standard InChI is InChI=1S/C16H16N2O3/c1-10-7-16(18-15(17-10)9-20-2)21-12-4-5-13-11(8-12)3-6-14(13)19/h4-5,7-8H,3,6,9H2,1-2H3. The van der Waals surface area contributed by atoms with E-state index in [4.69, 9.17) is 9.47 Å². The van der Waals surface area contributed by atoms with Crippen LogP contribution in [0.15, 0.2) is 24.3 Å². The Morgan fingerprint density at radius 2 is 2.05 bits per heavy atom. The van der Waals surface area contributed by atoms with Crippen molar-refractivity contribution in [1.82, 2.24) is 9.97 Å². The average molecular weight is 284 g/mol. The third-order valence-electron chi connectivity index (χ3n) is 3.37. The molecule has 0 spiro atoms. The summed E-state index contributed by atoms with van der Waals surface area (Å²) in [6.45, 7) is 2.23. The summed E-state index contributed by atoms with van der Waals surface area (Å²) in [5.41, 5.74) is 2.67. The molecule has 1 aromatic carbocycles. The van der Waals surface area contributed by atoms with Crippen molar-refractivity contribution in [2.75, 3.05) is 7.11 Å². The zero-order chi connectivity index (χ0) is 14.8. The molecule has 0 atom stereocenters. The first-order valence-electron chi connectivity index (χ1n) is 6.83. The molecule has 0 unspecified atom stereocenters. The molecule has 5 nitrogen and oxygen atoms in total. The lowest BCUT2D eigenvalue weighted by Gasteiger charge is -2.08. The smallest absolute Gasteiger partial charge is 0.222 e. The number of ketones is 1. The van der Waals surface area contributed by atoms with E-state index in [-0.39, 0.29) is 5.78 Å². The fourth-order valence-corrected chi connectivity index (χ4v) is 2.46. The maximum atomic E-state index is 11.6. The van der Waals surface area contributed by atoms with Gasteiger partial charge in [0.25, 0.3) is 0 Å². The quantitative estimate of drug-likeness (QED) is 0.864. The van der Waals surface area contributed by atoms with Gasteiger partial charge in [-0.05, 0) is 37.1 Å². The number of aromatic nitrogens is 2. The molecule has 21 heavy (non-hydrogen) atoms. The first-order chi connectivity index (χ1) is 10.2. The van der Waals surface area contributed by atoms with Crippen LogP contribution in [0.2, 0.25) is 0 Å². The van der Waals surface area contributed by atoms with Gasteiger partial charge in [-0.1, -0.05) is 0 Å². The Morgan fingerprint density at radius 1 is 1.19 bits per heavy atom. The molecule has 5 heteroatoms. The summed E-state index contributed by atoms with van der Waals surface area (Å²) >= 11 is 0. The van der Waals surface area contributed by atoms with Crippen molar-refractivity contribution in [2.45, 2.75) is 26.4 Å². The van der Waals surface area contributed by atoms with Crippen molar-refractivity contribution < 1.29 is 14.3 Å². The molecule has 0 amide bonds. The number of aryl methyl sites for hydroxylation is 2. The topological polar surface area (TPSA) is 61.3 Å². The summed E-state index contributed by atoms with van der Waals surface area (Å²) in [4.78, 5) is 20.2. The summed E-state index contributed by atoms with van der Waals surface area (Å²) in [5, 5.41) is 0. The lowest BCUT2D eigenvalue weighted by Crippen LogP contribution is -2.01. The summed E-state index contributed by atoms with van der Waals surface area (Å²) in [6, 6.07) is 7.31. The van der Waals surface area contributed by atoms with Crippen molar-refractivity contribution in [1.29, 1.82) is 0 Å². The van der Waals surface area contributed by atoms with Crippen molar-refractivity contribution in [3.63, 3.8) is 0 Å². The molecule has 1 aliphatic carbocycles. The summed E-state index contributed by atoms with van der Waals surface area (Å²) in [5.74, 6) is 1.96. The molecule has 0 saturated carbocycles. The van der Waals surface area contributed by atoms with Crippen LogP contribution in [0.25, 0.3) is 0 Å². The molecule has 0 aliphatic heterocycles. The van der Waals surface area contributed by atoms with Crippen LogP contribution in [-0.4, -0.2) is 22.9 Å². The van der Waals surface area contributed by atoms with Gasteiger partial charge in [0.15, 0.2) is 11.6 Å². The van der Waals surface area contributed by atoms with E-state index in [9.17, 15) is 4.79 Å². The second kappa shape index (κ2) is 5.61. The molecule has 3 rings (SSSR count). The van der Waals surface area contributed by atoms with Gasteiger partial charge in [0.2, 0.25) is 5.88 Å². The molecular formula is C16H16N2O3. The molecule has 108 valence electrons. The Hall–Kier alpha value is -2.27. The van der Waals surface area contributed by atoms with Gasteiger partial charge in [-0.25, -0.2) is 4.98 Å². The number of methoxy groups -OCH3 is 1. The van der Waals surface area contributed by atoms with E-state index >= 15 is 0 Å². The number of fused-ring (bicyclic) bond motifs is 1. The number of rotatable bonds is 4. The highest BCUT2D eigenvalue weighted by atomic mass is 16.5. The Morgan fingerprint density at radius 3 is 2.86 bits per heavy atom. The predicted molar refractivity (Wildman–Crippen MR) is 76.6 cm³/mol. The highest BCUT2D eigenvalue weighted by Gasteiger charge is 2.19. The summed E-state index contributed by atoms with van der Waals surface area (Å²) in [7, 11) is 1.60. The monoisotopic (exact) mass is 284 g/mol. The number of ether oxygens (including phenoxy) is 2. The van der Waals surface area contributed by atoms with Gasteiger partial charge < -0.3 is 9.47 Å². The van der Waals surface area contributed by atoms with Gasteiger partial charge >= 0.3 is 0 Å². The number of benzene rings is 1. The van der Waals surface area contributed by atoms with Crippen LogP contribution in [0.1, 0.15) is 33.9 Å². The Labute approximate surface area is 123 Å². The minimum atomic E-state index is 0.205.